The van der Waals surface area contributed by atoms with Gasteiger partial charge in [0.1, 0.15) is 17.5 Å². The number of carbonyl (C=O) groups excluding carboxylic acids is 2. The maximum atomic E-state index is 14.2. The molecule has 2 aliphatic rings. The summed E-state index contributed by atoms with van der Waals surface area (Å²) in [6.45, 7) is 0. The monoisotopic (exact) mass is 519 g/mol. The summed E-state index contributed by atoms with van der Waals surface area (Å²) in [6.07, 6.45) is 6.21. The minimum atomic E-state index is -1.36. The van der Waals surface area contributed by atoms with Crippen molar-refractivity contribution in [3.63, 3.8) is 0 Å². The van der Waals surface area contributed by atoms with Crippen LogP contribution in [0.3, 0.4) is 0 Å². The van der Waals surface area contributed by atoms with Crippen molar-refractivity contribution < 1.29 is 23.5 Å². The van der Waals surface area contributed by atoms with Crippen LogP contribution in [0.15, 0.2) is 96.4 Å². The molecule has 3 heterocycles. The second-order valence-corrected chi connectivity index (χ2v) is 9.14. The lowest BCUT2D eigenvalue weighted by Gasteiger charge is -2.36. The van der Waals surface area contributed by atoms with Crippen LogP contribution >= 0.6 is 11.6 Å². The van der Waals surface area contributed by atoms with E-state index in [0.717, 1.165) is 5.56 Å². The van der Waals surface area contributed by atoms with E-state index in [1.807, 2.05) is 30.3 Å². The van der Waals surface area contributed by atoms with Gasteiger partial charge in [-0.2, -0.15) is 0 Å². The predicted molar refractivity (Wildman–Crippen MR) is 138 cm³/mol. The Bertz CT molecular complexity index is 1380. The Kier molecular flexibility index (Phi) is 6.78. The average Bonchev–Trinajstić information content (AvgIpc) is 3.47. The van der Waals surface area contributed by atoms with Gasteiger partial charge in [-0.05, 0) is 48.4 Å². The number of nitrogens with one attached hydrogen (secondary N) is 2. The Morgan fingerprint density at radius 1 is 1.14 bits per heavy atom. The standard InChI is InChI=1S/C28H23ClFN3O4/c1-36-27(35)25-24(26(34)33-20-8-11-31-12-9-20)22-7-10-28(25,37-22)23(13-17-5-3-2-4-6-17)32-21-15-18(29)14-19(30)16-21/h2-12,14-16,22-23,32H,13H2,1H3,(H,31,33,34). The van der Waals surface area contributed by atoms with Crippen molar-refractivity contribution in [2.24, 2.45) is 0 Å². The lowest BCUT2D eigenvalue weighted by Crippen LogP contribution is -2.49. The number of benzene rings is 2. The van der Waals surface area contributed by atoms with Gasteiger partial charge in [0.25, 0.3) is 5.91 Å². The van der Waals surface area contributed by atoms with E-state index in [-0.39, 0.29) is 16.2 Å². The highest BCUT2D eigenvalue weighted by molar-refractivity contribution is 6.30. The van der Waals surface area contributed by atoms with Crippen molar-refractivity contribution in [3.8, 4) is 0 Å². The van der Waals surface area contributed by atoms with Crippen molar-refractivity contribution >= 4 is 34.9 Å². The number of halogens is 2. The highest BCUT2D eigenvalue weighted by Gasteiger charge is 2.58. The van der Waals surface area contributed by atoms with Gasteiger partial charge in [-0.1, -0.05) is 48.0 Å². The zero-order valence-corrected chi connectivity index (χ0v) is 20.5. The quantitative estimate of drug-likeness (QED) is 0.331. The Hall–Kier alpha value is -4.01. The number of ether oxygens (including phenoxy) is 2. The molecule has 0 aliphatic carbocycles. The summed E-state index contributed by atoms with van der Waals surface area (Å²) in [6, 6.07) is 16.3. The fraction of sp³-hybridized carbons (Fsp3) is 0.179. The number of rotatable bonds is 8. The van der Waals surface area contributed by atoms with E-state index in [1.165, 1.54) is 19.2 Å². The van der Waals surface area contributed by atoms with Crippen molar-refractivity contribution in [2.75, 3.05) is 17.7 Å². The Balaban J connectivity index is 1.59. The zero-order valence-electron chi connectivity index (χ0n) is 19.8. The molecule has 37 heavy (non-hydrogen) atoms. The Morgan fingerprint density at radius 3 is 2.59 bits per heavy atom. The smallest absolute Gasteiger partial charge is 0.337 e. The van der Waals surface area contributed by atoms with Crippen LogP contribution in [0.4, 0.5) is 15.8 Å². The highest BCUT2D eigenvalue weighted by Crippen LogP contribution is 2.47. The second-order valence-electron chi connectivity index (χ2n) is 8.71. The van der Waals surface area contributed by atoms with Crippen molar-refractivity contribution in [1.82, 2.24) is 4.98 Å². The van der Waals surface area contributed by atoms with E-state index in [1.54, 1.807) is 42.7 Å². The number of pyridine rings is 1. The van der Waals surface area contributed by atoms with E-state index in [9.17, 15) is 14.0 Å². The molecular weight excluding hydrogens is 497 g/mol. The number of anilines is 2. The van der Waals surface area contributed by atoms with Crippen LogP contribution in [-0.2, 0) is 25.5 Å². The zero-order chi connectivity index (χ0) is 26.0. The molecule has 1 aromatic heterocycles. The predicted octanol–water partition coefficient (Wildman–Crippen LogP) is 4.71. The van der Waals surface area contributed by atoms with Crippen LogP contribution in [0.1, 0.15) is 5.56 Å². The van der Waals surface area contributed by atoms with Crippen LogP contribution in [0.2, 0.25) is 5.02 Å². The third-order valence-corrected chi connectivity index (χ3v) is 6.58. The molecule has 3 atom stereocenters. The molecular formula is C28H23ClFN3O4. The molecule has 0 saturated carbocycles. The summed E-state index contributed by atoms with van der Waals surface area (Å²) >= 11 is 6.11. The number of fused-ring (bicyclic) bond motifs is 2. The molecule has 2 aliphatic heterocycles. The van der Waals surface area contributed by atoms with E-state index < -0.39 is 35.4 Å². The summed E-state index contributed by atoms with van der Waals surface area (Å²) in [5.41, 5.74) is 0.743. The number of aromatic nitrogens is 1. The van der Waals surface area contributed by atoms with Gasteiger partial charge in [-0.15, -0.1) is 0 Å². The Morgan fingerprint density at radius 2 is 1.89 bits per heavy atom. The van der Waals surface area contributed by atoms with Crippen LogP contribution in [0, 0.1) is 5.82 Å². The fourth-order valence-corrected chi connectivity index (χ4v) is 5.01. The van der Waals surface area contributed by atoms with E-state index in [2.05, 4.69) is 15.6 Å². The van der Waals surface area contributed by atoms with E-state index in [0.29, 0.717) is 17.8 Å². The number of methoxy groups -OCH3 is 1. The van der Waals surface area contributed by atoms with Crippen LogP contribution < -0.4 is 10.6 Å². The molecule has 0 spiro atoms. The van der Waals surface area contributed by atoms with Crippen LogP contribution in [0.5, 0.6) is 0 Å². The first-order valence-electron chi connectivity index (χ1n) is 11.6. The minimum absolute atomic E-state index is 0.0880. The molecule has 3 aromatic rings. The maximum Gasteiger partial charge on any atom is 0.337 e. The van der Waals surface area contributed by atoms with Gasteiger partial charge < -0.3 is 20.1 Å². The number of hydrogen-bond donors (Lipinski definition) is 2. The summed E-state index contributed by atoms with van der Waals surface area (Å²) < 4.78 is 25.7. The number of esters is 1. The first-order valence-corrected chi connectivity index (χ1v) is 12.0. The molecule has 9 heteroatoms. The average molecular weight is 520 g/mol. The number of amides is 1. The molecule has 1 amide bonds. The topological polar surface area (TPSA) is 89.6 Å². The first-order chi connectivity index (χ1) is 17.9. The normalized spacial score (nSPS) is 20.6. The molecule has 0 saturated heterocycles. The SMILES string of the molecule is COC(=O)C1=C(C(=O)Nc2ccncc2)C2C=CC1(C(Cc1ccccc1)Nc1cc(F)cc(Cl)c1)O2. The van der Waals surface area contributed by atoms with Crippen molar-refractivity contribution in [2.45, 2.75) is 24.2 Å². The first kappa shape index (κ1) is 24.7. The van der Waals surface area contributed by atoms with Crippen LogP contribution in [-0.4, -0.2) is 41.7 Å². The van der Waals surface area contributed by atoms with Gasteiger partial charge in [0.2, 0.25) is 0 Å². The molecule has 3 unspecified atom stereocenters. The summed E-state index contributed by atoms with van der Waals surface area (Å²) in [5.74, 6) is -1.70. The molecule has 2 N–H and O–H groups in total. The van der Waals surface area contributed by atoms with Crippen molar-refractivity contribution in [3.05, 3.63) is 113 Å². The van der Waals surface area contributed by atoms with Gasteiger partial charge >= 0.3 is 5.97 Å². The third kappa shape index (κ3) is 4.85. The van der Waals surface area contributed by atoms with Gasteiger partial charge in [-0.3, -0.25) is 9.78 Å². The van der Waals surface area contributed by atoms with E-state index >= 15 is 0 Å². The van der Waals surface area contributed by atoms with Gasteiger partial charge in [0.15, 0.2) is 0 Å². The maximum absolute atomic E-state index is 14.2. The van der Waals surface area contributed by atoms with Crippen molar-refractivity contribution in [1.29, 1.82) is 0 Å². The Labute approximate surface area is 218 Å². The molecule has 7 nitrogen and oxygen atoms in total. The fourth-order valence-electron chi connectivity index (χ4n) is 4.79. The lowest BCUT2D eigenvalue weighted by molar-refractivity contribution is -0.138. The van der Waals surface area contributed by atoms with Gasteiger partial charge in [0.05, 0.1) is 24.3 Å². The number of nitrogens with zero attached hydrogens (tertiary/aromatic N) is 1. The highest BCUT2D eigenvalue weighted by atomic mass is 35.5. The number of hydrogen-bond acceptors (Lipinski definition) is 6. The summed E-state index contributed by atoms with van der Waals surface area (Å²) in [4.78, 5) is 30.6. The van der Waals surface area contributed by atoms with E-state index in [4.69, 9.17) is 21.1 Å². The molecule has 2 aromatic carbocycles. The van der Waals surface area contributed by atoms with Gasteiger partial charge in [0, 0.05) is 28.8 Å². The molecule has 2 bridgehead atoms. The second kappa shape index (κ2) is 10.2. The molecule has 5 rings (SSSR count). The summed E-state index contributed by atoms with van der Waals surface area (Å²) in [7, 11) is 1.25. The molecule has 188 valence electrons. The minimum Gasteiger partial charge on any atom is -0.466 e. The lowest BCUT2D eigenvalue weighted by atomic mass is 9.78. The molecule has 0 fully saturated rings. The molecule has 0 radical (unpaired) electrons. The van der Waals surface area contributed by atoms with Gasteiger partial charge in [-0.25, -0.2) is 9.18 Å². The third-order valence-electron chi connectivity index (χ3n) is 6.36. The number of carbonyl (C=O) groups is 2. The summed E-state index contributed by atoms with van der Waals surface area (Å²) in [5, 5.41) is 6.32. The largest absolute Gasteiger partial charge is 0.466 e. The van der Waals surface area contributed by atoms with Crippen LogP contribution in [0.25, 0.3) is 0 Å².